The highest BCUT2D eigenvalue weighted by Gasteiger charge is 2.08. The fourth-order valence-electron chi connectivity index (χ4n) is 1.50. The van der Waals surface area contributed by atoms with Crippen molar-refractivity contribution in [3.8, 4) is 0 Å². The van der Waals surface area contributed by atoms with E-state index < -0.39 is 10.0 Å². The standard InChI is InChI=1S/C14H13NO2S/c16-18(17,12-14-9-5-2-6-10-14)15-11-13-7-3-1-4-8-13/h1-11H,12H2/b15-11+. The predicted octanol–water partition coefficient (Wildman–Crippen LogP) is 2.64. The van der Waals surface area contributed by atoms with Crippen molar-refractivity contribution in [2.45, 2.75) is 5.75 Å². The van der Waals surface area contributed by atoms with E-state index >= 15 is 0 Å². The number of hydrogen-bond donors (Lipinski definition) is 0. The number of sulfonamides is 1. The number of rotatable bonds is 4. The summed E-state index contributed by atoms with van der Waals surface area (Å²) in [7, 11) is -3.46. The second-order valence-electron chi connectivity index (χ2n) is 3.86. The van der Waals surface area contributed by atoms with Crippen LogP contribution in [0.5, 0.6) is 0 Å². The molecule has 0 spiro atoms. The molecule has 2 aromatic rings. The monoisotopic (exact) mass is 259 g/mol. The summed E-state index contributed by atoms with van der Waals surface area (Å²) in [6, 6.07) is 18.2. The Bertz CT molecular complexity index is 619. The van der Waals surface area contributed by atoms with Crippen molar-refractivity contribution < 1.29 is 8.42 Å². The summed E-state index contributed by atoms with van der Waals surface area (Å²) < 4.78 is 27.2. The SMILES string of the molecule is O=S(=O)(Cc1ccccc1)/N=C/c1ccccc1. The average molecular weight is 259 g/mol. The van der Waals surface area contributed by atoms with Crippen LogP contribution in [0.4, 0.5) is 0 Å². The van der Waals surface area contributed by atoms with Crippen LogP contribution in [-0.2, 0) is 15.8 Å². The molecule has 0 atom stereocenters. The van der Waals surface area contributed by atoms with Crippen LogP contribution in [0, 0.1) is 0 Å². The summed E-state index contributed by atoms with van der Waals surface area (Å²) in [5.41, 5.74) is 1.51. The third kappa shape index (κ3) is 3.82. The molecule has 18 heavy (non-hydrogen) atoms. The van der Waals surface area contributed by atoms with E-state index in [1.54, 1.807) is 12.1 Å². The van der Waals surface area contributed by atoms with E-state index in [1.165, 1.54) is 6.21 Å². The second kappa shape index (κ2) is 5.60. The first kappa shape index (κ1) is 12.5. The van der Waals surface area contributed by atoms with Gasteiger partial charge in [-0.05, 0) is 11.1 Å². The molecule has 0 aliphatic carbocycles. The molecular weight excluding hydrogens is 246 g/mol. The van der Waals surface area contributed by atoms with Crippen molar-refractivity contribution in [1.82, 2.24) is 0 Å². The smallest absolute Gasteiger partial charge is 0.204 e. The topological polar surface area (TPSA) is 46.5 Å². The van der Waals surface area contributed by atoms with Gasteiger partial charge in [0.1, 0.15) is 0 Å². The maximum Gasteiger partial charge on any atom is 0.257 e. The first-order valence-electron chi connectivity index (χ1n) is 5.53. The first-order chi connectivity index (χ1) is 8.66. The zero-order chi connectivity index (χ0) is 12.8. The Kier molecular flexibility index (Phi) is 3.89. The van der Waals surface area contributed by atoms with Crippen LogP contribution >= 0.6 is 0 Å². The van der Waals surface area contributed by atoms with Crippen molar-refractivity contribution in [2.24, 2.45) is 4.40 Å². The highest BCUT2D eigenvalue weighted by molar-refractivity contribution is 7.89. The molecule has 0 aromatic heterocycles. The molecule has 0 amide bonds. The highest BCUT2D eigenvalue weighted by atomic mass is 32.2. The van der Waals surface area contributed by atoms with Crippen molar-refractivity contribution in [3.63, 3.8) is 0 Å². The quantitative estimate of drug-likeness (QED) is 0.792. The fraction of sp³-hybridized carbons (Fsp3) is 0.0714. The minimum atomic E-state index is -3.46. The molecule has 4 heteroatoms. The Labute approximate surface area is 107 Å². The normalized spacial score (nSPS) is 11.8. The van der Waals surface area contributed by atoms with Gasteiger partial charge < -0.3 is 0 Å². The highest BCUT2D eigenvalue weighted by Crippen LogP contribution is 2.07. The Hall–Kier alpha value is -1.94. The molecule has 0 heterocycles. The van der Waals surface area contributed by atoms with E-state index in [-0.39, 0.29) is 5.75 Å². The molecule has 0 saturated heterocycles. The molecule has 0 aliphatic rings. The van der Waals surface area contributed by atoms with E-state index in [2.05, 4.69) is 4.40 Å². The van der Waals surface area contributed by atoms with Gasteiger partial charge in [0, 0.05) is 6.21 Å². The maximum atomic E-state index is 11.8. The van der Waals surface area contributed by atoms with Gasteiger partial charge >= 0.3 is 0 Å². The van der Waals surface area contributed by atoms with Gasteiger partial charge in [-0.3, -0.25) is 0 Å². The van der Waals surface area contributed by atoms with E-state index in [0.717, 1.165) is 11.1 Å². The zero-order valence-corrected chi connectivity index (χ0v) is 10.5. The lowest BCUT2D eigenvalue weighted by atomic mass is 10.2. The van der Waals surface area contributed by atoms with Crippen LogP contribution in [-0.4, -0.2) is 14.6 Å². The maximum absolute atomic E-state index is 11.8. The summed E-state index contributed by atoms with van der Waals surface area (Å²) in [5.74, 6) is -0.0722. The summed E-state index contributed by atoms with van der Waals surface area (Å²) in [5, 5.41) is 0. The number of nitrogens with zero attached hydrogens (tertiary/aromatic N) is 1. The lowest BCUT2D eigenvalue weighted by Crippen LogP contribution is -2.01. The third-order valence-corrected chi connectivity index (χ3v) is 3.48. The van der Waals surface area contributed by atoms with Crippen molar-refractivity contribution in [2.75, 3.05) is 0 Å². The van der Waals surface area contributed by atoms with Crippen LogP contribution in [0.25, 0.3) is 0 Å². The van der Waals surface area contributed by atoms with Gasteiger partial charge in [0.05, 0.1) is 5.75 Å². The van der Waals surface area contributed by atoms with E-state index in [9.17, 15) is 8.42 Å². The summed E-state index contributed by atoms with van der Waals surface area (Å²) >= 11 is 0. The summed E-state index contributed by atoms with van der Waals surface area (Å²) in [6.45, 7) is 0. The van der Waals surface area contributed by atoms with E-state index in [0.29, 0.717) is 0 Å². The Morgan fingerprint density at radius 2 is 1.44 bits per heavy atom. The molecule has 0 unspecified atom stereocenters. The van der Waals surface area contributed by atoms with Crippen LogP contribution in [0.1, 0.15) is 11.1 Å². The molecule has 92 valence electrons. The summed E-state index contributed by atoms with van der Waals surface area (Å²) in [6.07, 6.45) is 1.37. The van der Waals surface area contributed by atoms with E-state index in [1.807, 2.05) is 48.5 Å². The summed E-state index contributed by atoms with van der Waals surface area (Å²) in [4.78, 5) is 0. The van der Waals surface area contributed by atoms with E-state index in [4.69, 9.17) is 0 Å². The van der Waals surface area contributed by atoms with Crippen LogP contribution in [0.15, 0.2) is 65.1 Å². The lowest BCUT2D eigenvalue weighted by Gasteiger charge is -1.98. The minimum absolute atomic E-state index is 0.0722. The van der Waals surface area contributed by atoms with Gasteiger partial charge in [0.25, 0.3) is 10.0 Å². The predicted molar refractivity (Wildman–Crippen MR) is 73.1 cm³/mol. The molecule has 0 fully saturated rings. The van der Waals surface area contributed by atoms with Gasteiger partial charge in [-0.25, -0.2) is 8.42 Å². The molecule has 0 saturated carbocycles. The Morgan fingerprint density at radius 3 is 2.06 bits per heavy atom. The van der Waals surface area contributed by atoms with Crippen molar-refractivity contribution in [1.29, 1.82) is 0 Å². The molecule has 2 rings (SSSR count). The fourth-order valence-corrected chi connectivity index (χ4v) is 2.47. The van der Waals surface area contributed by atoms with Gasteiger partial charge in [-0.15, -0.1) is 0 Å². The Morgan fingerprint density at radius 1 is 0.889 bits per heavy atom. The second-order valence-corrected chi connectivity index (χ2v) is 5.52. The minimum Gasteiger partial charge on any atom is -0.204 e. The van der Waals surface area contributed by atoms with Gasteiger partial charge in [0.15, 0.2) is 0 Å². The average Bonchev–Trinajstić information content (AvgIpc) is 2.38. The molecular formula is C14H13NO2S. The first-order valence-corrected chi connectivity index (χ1v) is 7.14. The molecule has 3 nitrogen and oxygen atoms in total. The molecule has 0 N–H and O–H groups in total. The molecule has 0 radical (unpaired) electrons. The molecule has 0 bridgehead atoms. The molecule has 0 aliphatic heterocycles. The van der Waals surface area contributed by atoms with Gasteiger partial charge in [-0.2, -0.15) is 4.40 Å². The van der Waals surface area contributed by atoms with Crippen molar-refractivity contribution in [3.05, 3.63) is 71.8 Å². The zero-order valence-electron chi connectivity index (χ0n) is 9.73. The third-order valence-electron chi connectivity index (χ3n) is 2.35. The largest absolute Gasteiger partial charge is 0.257 e. The van der Waals surface area contributed by atoms with Crippen LogP contribution in [0.3, 0.4) is 0 Å². The number of benzene rings is 2. The van der Waals surface area contributed by atoms with Crippen molar-refractivity contribution >= 4 is 16.2 Å². The lowest BCUT2D eigenvalue weighted by molar-refractivity contribution is 0.597. The van der Waals surface area contributed by atoms with Gasteiger partial charge in [-0.1, -0.05) is 60.7 Å². The van der Waals surface area contributed by atoms with Gasteiger partial charge in [0.2, 0.25) is 0 Å². The molecule has 2 aromatic carbocycles. The number of hydrogen-bond acceptors (Lipinski definition) is 2. The van der Waals surface area contributed by atoms with Crippen LogP contribution in [0.2, 0.25) is 0 Å². The Balaban J connectivity index is 2.11. The van der Waals surface area contributed by atoms with Crippen LogP contribution < -0.4 is 0 Å².